The molecule has 0 atom stereocenters. The first-order valence-electron chi connectivity index (χ1n) is 5.12. The van der Waals surface area contributed by atoms with Gasteiger partial charge in [-0.3, -0.25) is 0 Å². The molecule has 1 rings (SSSR count). The predicted octanol–water partition coefficient (Wildman–Crippen LogP) is 2.22. The molecule has 0 unspecified atom stereocenters. The first kappa shape index (κ1) is 14.4. The lowest BCUT2D eigenvalue weighted by molar-refractivity contribution is 0.0644. The van der Waals surface area contributed by atoms with Crippen LogP contribution in [-0.2, 0) is 9.47 Å². The van der Waals surface area contributed by atoms with Crippen LogP contribution in [-0.4, -0.2) is 43.7 Å². The Balaban J connectivity index is 2.15. The van der Waals surface area contributed by atoms with Gasteiger partial charge in [0.05, 0.1) is 19.8 Å². The summed E-state index contributed by atoms with van der Waals surface area (Å²) in [6, 6.07) is 1.53. The van der Waals surface area contributed by atoms with Gasteiger partial charge in [-0.2, -0.15) is 0 Å². The summed E-state index contributed by atoms with van der Waals surface area (Å²) in [5.41, 5.74) is 0. The molecule has 0 aliphatic heterocycles. The highest BCUT2D eigenvalue weighted by Crippen LogP contribution is 2.23. The van der Waals surface area contributed by atoms with Crippen LogP contribution in [0.4, 0.5) is 0 Å². The highest BCUT2D eigenvalue weighted by Gasteiger charge is 2.04. The van der Waals surface area contributed by atoms with E-state index in [0.717, 1.165) is 6.42 Å². The molecular weight excluding hydrogens is 267 g/mol. The molecule has 5 nitrogen and oxygen atoms in total. The van der Waals surface area contributed by atoms with E-state index in [1.54, 1.807) is 7.11 Å². The largest absolute Gasteiger partial charge is 0.490 e. The number of hydrogen-bond donors (Lipinski definition) is 0. The van der Waals surface area contributed by atoms with Gasteiger partial charge in [0, 0.05) is 26.2 Å². The normalized spacial score (nSPS) is 10.5. The Morgan fingerprint density at radius 2 is 1.94 bits per heavy atom. The van der Waals surface area contributed by atoms with Crippen LogP contribution in [0.3, 0.4) is 0 Å². The van der Waals surface area contributed by atoms with Crippen LogP contribution in [0.15, 0.2) is 6.07 Å². The second-order valence-corrected chi connectivity index (χ2v) is 3.87. The molecule has 17 heavy (non-hydrogen) atoms. The lowest BCUT2D eigenvalue weighted by atomic mass is 10.5. The molecule has 0 amide bonds. The average Bonchev–Trinajstić information content (AvgIpc) is 2.32. The number of ether oxygens (including phenoxy) is 3. The Morgan fingerprint density at radius 3 is 2.71 bits per heavy atom. The molecule has 0 saturated heterocycles. The number of methoxy groups -OCH3 is 1. The van der Waals surface area contributed by atoms with E-state index >= 15 is 0 Å². The minimum atomic E-state index is 0.203. The summed E-state index contributed by atoms with van der Waals surface area (Å²) >= 11 is 11.4. The van der Waals surface area contributed by atoms with Crippen molar-refractivity contribution in [1.29, 1.82) is 0 Å². The minimum absolute atomic E-state index is 0.203. The summed E-state index contributed by atoms with van der Waals surface area (Å²) in [7, 11) is 1.63. The smallest absolute Gasteiger partial charge is 0.193 e. The van der Waals surface area contributed by atoms with Crippen molar-refractivity contribution in [3.8, 4) is 5.75 Å². The van der Waals surface area contributed by atoms with Crippen LogP contribution in [0.5, 0.6) is 5.75 Å². The Hall–Kier alpha value is -0.620. The van der Waals surface area contributed by atoms with Gasteiger partial charge in [0.25, 0.3) is 0 Å². The van der Waals surface area contributed by atoms with Gasteiger partial charge in [0.1, 0.15) is 0 Å². The molecule has 1 heterocycles. The first-order chi connectivity index (χ1) is 8.24. The molecule has 0 aliphatic rings. The fourth-order valence-corrected chi connectivity index (χ4v) is 1.31. The molecule has 0 spiro atoms. The summed E-state index contributed by atoms with van der Waals surface area (Å²) in [6.07, 6.45) is 0.750. The lowest BCUT2D eigenvalue weighted by Crippen LogP contribution is -2.07. The van der Waals surface area contributed by atoms with E-state index in [1.807, 2.05) is 0 Å². The van der Waals surface area contributed by atoms with E-state index in [1.165, 1.54) is 6.07 Å². The van der Waals surface area contributed by atoms with E-state index < -0.39 is 0 Å². The molecular formula is C10H14Cl2N2O3. The predicted molar refractivity (Wildman–Crippen MR) is 64.9 cm³/mol. The number of halogens is 2. The maximum absolute atomic E-state index is 5.77. The molecule has 96 valence electrons. The van der Waals surface area contributed by atoms with Crippen LogP contribution in [0.1, 0.15) is 6.42 Å². The van der Waals surface area contributed by atoms with Crippen molar-refractivity contribution >= 4 is 23.2 Å². The molecule has 7 heteroatoms. The van der Waals surface area contributed by atoms with Crippen molar-refractivity contribution in [2.75, 3.05) is 33.5 Å². The molecule has 0 bridgehead atoms. The molecule has 0 saturated carbocycles. The van der Waals surface area contributed by atoms with Gasteiger partial charge >= 0.3 is 0 Å². The SMILES string of the molecule is COCCOCCCOc1cc(Cl)nnc1Cl. The number of aromatic nitrogens is 2. The molecule has 0 radical (unpaired) electrons. The van der Waals surface area contributed by atoms with Gasteiger partial charge in [0.2, 0.25) is 0 Å². The van der Waals surface area contributed by atoms with Gasteiger partial charge in [-0.1, -0.05) is 23.2 Å². The summed E-state index contributed by atoms with van der Waals surface area (Å²) in [4.78, 5) is 0. The summed E-state index contributed by atoms with van der Waals surface area (Å²) in [6.45, 7) is 2.26. The molecule has 0 N–H and O–H groups in total. The summed E-state index contributed by atoms with van der Waals surface area (Å²) in [5, 5.41) is 7.67. The fourth-order valence-electron chi connectivity index (χ4n) is 1.03. The third kappa shape index (κ3) is 6.02. The highest BCUT2D eigenvalue weighted by molar-refractivity contribution is 6.32. The van der Waals surface area contributed by atoms with Gasteiger partial charge in [0.15, 0.2) is 16.1 Å². The van der Waals surface area contributed by atoms with Crippen molar-refractivity contribution in [3.63, 3.8) is 0 Å². The van der Waals surface area contributed by atoms with Gasteiger partial charge < -0.3 is 14.2 Å². The number of nitrogens with zero attached hydrogens (tertiary/aromatic N) is 2. The van der Waals surface area contributed by atoms with Crippen molar-refractivity contribution in [3.05, 3.63) is 16.4 Å². The third-order valence-corrected chi connectivity index (χ3v) is 2.26. The highest BCUT2D eigenvalue weighted by atomic mass is 35.5. The van der Waals surface area contributed by atoms with E-state index in [0.29, 0.717) is 32.2 Å². The number of hydrogen-bond acceptors (Lipinski definition) is 5. The topological polar surface area (TPSA) is 53.5 Å². The Morgan fingerprint density at radius 1 is 1.12 bits per heavy atom. The van der Waals surface area contributed by atoms with E-state index in [4.69, 9.17) is 37.4 Å². The van der Waals surface area contributed by atoms with Crippen molar-refractivity contribution < 1.29 is 14.2 Å². The second kappa shape index (κ2) is 8.47. The quantitative estimate of drug-likeness (QED) is 0.684. The molecule has 1 aromatic heterocycles. The van der Waals surface area contributed by atoms with Gasteiger partial charge in [-0.05, 0) is 0 Å². The zero-order valence-electron chi connectivity index (χ0n) is 9.49. The number of rotatable bonds is 8. The van der Waals surface area contributed by atoms with Crippen LogP contribution in [0, 0.1) is 0 Å². The standard InChI is InChI=1S/C10H14Cl2N2O3/c1-15-5-6-16-3-2-4-17-8-7-9(11)13-14-10(8)12/h7H,2-6H2,1H3. The van der Waals surface area contributed by atoms with Crippen molar-refractivity contribution in [1.82, 2.24) is 10.2 Å². The molecule has 0 aromatic carbocycles. The first-order valence-corrected chi connectivity index (χ1v) is 5.88. The molecule has 0 aliphatic carbocycles. The monoisotopic (exact) mass is 280 g/mol. The van der Waals surface area contributed by atoms with Crippen LogP contribution in [0.2, 0.25) is 10.3 Å². The van der Waals surface area contributed by atoms with Crippen LogP contribution < -0.4 is 4.74 Å². The maximum atomic E-state index is 5.77. The van der Waals surface area contributed by atoms with Crippen molar-refractivity contribution in [2.45, 2.75) is 6.42 Å². The Kier molecular flexibility index (Phi) is 7.19. The third-order valence-electron chi connectivity index (χ3n) is 1.81. The summed E-state index contributed by atoms with van der Waals surface area (Å²) < 4.78 is 15.5. The molecule has 0 fully saturated rings. The minimum Gasteiger partial charge on any atom is -0.490 e. The zero-order valence-corrected chi connectivity index (χ0v) is 11.0. The van der Waals surface area contributed by atoms with E-state index in [9.17, 15) is 0 Å². The van der Waals surface area contributed by atoms with Crippen LogP contribution in [0.25, 0.3) is 0 Å². The van der Waals surface area contributed by atoms with Crippen LogP contribution >= 0.6 is 23.2 Å². The fraction of sp³-hybridized carbons (Fsp3) is 0.600. The average molecular weight is 281 g/mol. The van der Waals surface area contributed by atoms with E-state index in [2.05, 4.69) is 10.2 Å². The zero-order chi connectivity index (χ0) is 12.5. The lowest BCUT2D eigenvalue weighted by Gasteiger charge is -2.07. The second-order valence-electron chi connectivity index (χ2n) is 3.13. The van der Waals surface area contributed by atoms with Gasteiger partial charge in [-0.25, -0.2) is 0 Å². The van der Waals surface area contributed by atoms with Crippen molar-refractivity contribution in [2.24, 2.45) is 0 Å². The summed E-state index contributed by atoms with van der Waals surface area (Å²) in [5.74, 6) is 0.434. The van der Waals surface area contributed by atoms with Gasteiger partial charge in [-0.15, -0.1) is 10.2 Å². The molecule has 1 aromatic rings. The van der Waals surface area contributed by atoms with E-state index in [-0.39, 0.29) is 10.3 Å². The Labute approximate surface area is 110 Å². The Bertz CT molecular complexity index is 339. The maximum Gasteiger partial charge on any atom is 0.193 e.